The quantitative estimate of drug-likeness (QED) is 0.249. The van der Waals surface area contributed by atoms with Gasteiger partial charge in [-0.05, 0) is 67.3 Å². The summed E-state index contributed by atoms with van der Waals surface area (Å²) < 4.78 is 34.3. The number of carbonyl (C=O) groups excluding carboxylic acids is 1. The fourth-order valence-electron chi connectivity index (χ4n) is 3.69. The van der Waals surface area contributed by atoms with Gasteiger partial charge in [0.1, 0.15) is 5.75 Å². The van der Waals surface area contributed by atoms with Gasteiger partial charge in [-0.2, -0.15) is 0 Å². The van der Waals surface area contributed by atoms with Crippen molar-refractivity contribution in [3.63, 3.8) is 0 Å². The lowest BCUT2D eigenvalue weighted by molar-refractivity contribution is -0.118. The van der Waals surface area contributed by atoms with Crippen LogP contribution in [-0.2, 0) is 21.4 Å². The number of nitrogens with zero attached hydrogens (tertiary/aromatic N) is 1. The number of hydrogen-bond donors (Lipinski definition) is 1. The number of para-hydroxylation sites is 1. The predicted octanol–water partition coefficient (Wildman–Crippen LogP) is 6.13. The molecule has 8 heteroatoms. The highest BCUT2D eigenvalue weighted by atomic mass is 32.2. The molecule has 0 bridgehead atoms. The zero-order valence-electron chi connectivity index (χ0n) is 20.6. The largest absolute Gasteiger partial charge is 0.484 e. The van der Waals surface area contributed by atoms with E-state index < -0.39 is 10.0 Å². The summed E-state index contributed by atoms with van der Waals surface area (Å²) >= 11 is 1.55. The number of benzene rings is 4. The van der Waals surface area contributed by atoms with E-state index in [2.05, 4.69) is 5.32 Å². The lowest BCUT2D eigenvalue weighted by Gasteiger charge is -2.25. The maximum Gasteiger partial charge on any atom is 0.264 e. The topological polar surface area (TPSA) is 75.7 Å². The Morgan fingerprint density at radius 3 is 2.19 bits per heavy atom. The molecule has 4 aromatic carbocycles. The van der Waals surface area contributed by atoms with Crippen LogP contribution in [0.4, 0.5) is 11.4 Å². The van der Waals surface area contributed by atoms with Crippen LogP contribution >= 0.6 is 11.8 Å². The minimum Gasteiger partial charge on any atom is -0.484 e. The molecule has 0 aliphatic heterocycles. The van der Waals surface area contributed by atoms with Crippen LogP contribution in [0.15, 0.2) is 113 Å². The van der Waals surface area contributed by atoms with Crippen LogP contribution in [-0.4, -0.2) is 27.2 Å². The van der Waals surface area contributed by atoms with Crippen molar-refractivity contribution in [1.82, 2.24) is 0 Å². The van der Waals surface area contributed by atoms with Crippen LogP contribution < -0.4 is 14.4 Å². The van der Waals surface area contributed by atoms with Crippen molar-refractivity contribution in [2.75, 3.05) is 22.5 Å². The maximum absolute atomic E-state index is 13.6. The van der Waals surface area contributed by atoms with Crippen molar-refractivity contribution in [3.8, 4) is 5.75 Å². The average molecular weight is 533 g/mol. The summed E-state index contributed by atoms with van der Waals surface area (Å²) in [5.41, 5.74) is 3.07. The zero-order valence-corrected chi connectivity index (χ0v) is 22.3. The number of carbonyl (C=O) groups is 1. The highest BCUT2D eigenvalue weighted by Gasteiger charge is 2.25. The Morgan fingerprint density at radius 1 is 0.865 bits per heavy atom. The molecule has 190 valence electrons. The molecule has 0 radical (unpaired) electrons. The second kappa shape index (κ2) is 12.0. The Hall–Kier alpha value is -3.75. The van der Waals surface area contributed by atoms with Crippen LogP contribution in [0.2, 0.25) is 0 Å². The van der Waals surface area contributed by atoms with Gasteiger partial charge in [0.2, 0.25) is 0 Å². The van der Waals surface area contributed by atoms with Gasteiger partial charge < -0.3 is 10.1 Å². The first kappa shape index (κ1) is 26.3. The lowest BCUT2D eigenvalue weighted by Crippen LogP contribution is -2.30. The van der Waals surface area contributed by atoms with Crippen molar-refractivity contribution < 1.29 is 17.9 Å². The molecule has 6 nitrogen and oxygen atoms in total. The number of anilines is 2. The first-order valence-corrected chi connectivity index (χ1v) is 14.3. The van der Waals surface area contributed by atoms with Gasteiger partial charge in [0.25, 0.3) is 15.9 Å². The first-order chi connectivity index (χ1) is 17.9. The molecule has 0 spiro atoms. The predicted molar refractivity (Wildman–Crippen MR) is 150 cm³/mol. The monoisotopic (exact) mass is 532 g/mol. The molecule has 1 amide bonds. The molecular formula is C29H28N2O4S2. The van der Waals surface area contributed by atoms with Crippen LogP contribution in [0, 0.1) is 6.92 Å². The molecule has 1 N–H and O–H groups in total. The Balaban J connectivity index is 1.51. The third-order valence-electron chi connectivity index (χ3n) is 5.65. The van der Waals surface area contributed by atoms with Crippen molar-refractivity contribution in [1.29, 1.82) is 0 Å². The minimum absolute atomic E-state index is 0.169. The van der Waals surface area contributed by atoms with Gasteiger partial charge in [0, 0.05) is 4.90 Å². The van der Waals surface area contributed by atoms with Crippen molar-refractivity contribution in [3.05, 3.63) is 114 Å². The van der Waals surface area contributed by atoms with Gasteiger partial charge in [-0.15, -0.1) is 11.8 Å². The smallest absolute Gasteiger partial charge is 0.264 e. The van der Waals surface area contributed by atoms with E-state index >= 15 is 0 Å². The number of hydrogen-bond acceptors (Lipinski definition) is 5. The summed E-state index contributed by atoms with van der Waals surface area (Å²) in [5, 5.41) is 2.86. The van der Waals surface area contributed by atoms with Gasteiger partial charge >= 0.3 is 0 Å². The lowest BCUT2D eigenvalue weighted by atomic mass is 10.2. The van der Waals surface area contributed by atoms with Gasteiger partial charge in [0.15, 0.2) is 6.61 Å². The highest BCUT2D eigenvalue weighted by molar-refractivity contribution is 7.98. The molecule has 0 aromatic heterocycles. The number of aryl methyl sites for hydroxylation is 1. The normalized spacial score (nSPS) is 11.1. The summed E-state index contributed by atoms with van der Waals surface area (Å²) in [7, 11) is -3.82. The summed E-state index contributed by atoms with van der Waals surface area (Å²) in [6.07, 6.45) is 1.95. The van der Waals surface area contributed by atoms with Gasteiger partial charge in [0.05, 0.1) is 22.8 Å². The van der Waals surface area contributed by atoms with Gasteiger partial charge in [-0.1, -0.05) is 60.2 Å². The van der Waals surface area contributed by atoms with E-state index in [0.717, 1.165) is 21.7 Å². The zero-order chi connectivity index (χ0) is 26.3. The molecule has 0 fully saturated rings. The van der Waals surface area contributed by atoms with E-state index in [1.54, 1.807) is 60.3 Å². The van der Waals surface area contributed by atoms with Crippen LogP contribution in [0.5, 0.6) is 5.75 Å². The summed E-state index contributed by atoms with van der Waals surface area (Å²) in [6.45, 7) is 1.92. The second-order valence-electron chi connectivity index (χ2n) is 8.34. The molecule has 0 atom stereocenters. The SMILES string of the molecule is CSc1ccccc1NC(=O)COc1ccc(N(Cc2ccccc2)S(=O)(=O)c2ccc(C)cc2)cc1. The number of ether oxygens (including phenoxy) is 1. The van der Waals surface area contributed by atoms with Crippen LogP contribution in [0.25, 0.3) is 0 Å². The van der Waals surface area contributed by atoms with E-state index in [0.29, 0.717) is 11.4 Å². The maximum atomic E-state index is 13.6. The molecule has 0 saturated heterocycles. The third-order valence-corrected chi connectivity index (χ3v) is 8.24. The average Bonchev–Trinajstić information content (AvgIpc) is 2.92. The summed E-state index contributed by atoms with van der Waals surface area (Å²) in [6, 6.07) is 30.5. The van der Waals surface area contributed by atoms with E-state index in [1.807, 2.05) is 67.8 Å². The number of amides is 1. The fraction of sp³-hybridized carbons (Fsp3) is 0.138. The Morgan fingerprint density at radius 2 is 1.51 bits per heavy atom. The summed E-state index contributed by atoms with van der Waals surface area (Å²) in [5.74, 6) is 0.183. The van der Waals surface area contributed by atoms with E-state index in [1.165, 1.54) is 4.31 Å². The van der Waals surface area contributed by atoms with E-state index in [9.17, 15) is 13.2 Å². The van der Waals surface area contributed by atoms with E-state index in [-0.39, 0.29) is 24.0 Å². The van der Waals surface area contributed by atoms with E-state index in [4.69, 9.17) is 4.74 Å². The molecule has 0 unspecified atom stereocenters. The third kappa shape index (κ3) is 6.72. The van der Waals surface area contributed by atoms with Crippen molar-refractivity contribution in [2.24, 2.45) is 0 Å². The number of rotatable bonds is 10. The molecule has 37 heavy (non-hydrogen) atoms. The number of sulfonamides is 1. The Kier molecular flexibility index (Phi) is 8.53. The number of nitrogens with one attached hydrogen (secondary N) is 1. The second-order valence-corrected chi connectivity index (χ2v) is 11.1. The van der Waals surface area contributed by atoms with Crippen molar-refractivity contribution in [2.45, 2.75) is 23.3 Å². The first-order valence-electron chi connectivity index (χ1n) is 11.7. The molecule has 0 saturated carbocycles. The molecule has 0 aliphatic carbocycles. The van der Waals surface area contributed by atoms with Crippen LogP contribution in [0.1, 0.15) is 11.1 Å². The molecule has 0 heterocycles. The van der Waals surface area contributed by atoms with Gasteiger partial charge in [-0.25, -0.2) is 8.42 Å². The van der Waals surface area contributed by atoms with Crippen LogP contribution in [0.3, 0.4) is 0 Å². The molecule has 4 rings (SSSR count). The fourth-order valence-corrected chi connectivity index (χ4v) is 5.70. The molecular weight excluding hydrogens is 504 g/mol. The Labute approximate surface area is 222 Å². The number of thioether (sulfide) groups is 1. The standard InChI is InChI=1S/C29H28N2O4S2/c1-22-12-18-26(19-13-22)37(33,34)31(20-23-8-4-3-5-9-23)24-14-16-25(17-15-24)35-21-29(32)30-27-10-6-7-11-28(27)36-2/h3-19H,20-21H2,1-2H3,(H,30,32). The molecule has 4 aromatic rings. The minimum atomic E-state index is -3.82. The highest BCUT2D eigenvalue weighted by Crippen LogP contribution is 2.28. The Bertz CT molecular complexity index is 1440. The van der Waals surface area contributed by atoms with Gasteiger partial charge in [-0.3, -0.25) is 9.10 Å². The summed E-state index contributed by atoms with van der Waals surface area (Å²) in [4.78, 5) is 13.6. The molecule has 0 aliphatic rings. The van der Waals surface area contributed by atoms with Crippen molar-refractivity contribution >= 4 is 39.1 Å².